The van der Waals surface area contributed by atoms with Crippen molar-refractivity contribution in [2.75, 3.05) is 0 Å². The Hall–Kier alpha value is -2.44. The highest BCUT2D eigenvalue weighted by Gasteiger charge is 2.47. The van der Waals surface area contributed by atoms with Crippen LogP contribution < -0.4 is 0 Å². The fourth-order valence-electron chi connectivity index (χ4n) is 4.28. The Morgan fingerprint density at radius 3 is 2.83 bits per heavy atom. The molecule has 1 saturated heterocycles. The minimum absolute atomic E-state index is 0.0352. The van der Waals surface area contributed by atoms with Crippen molar-refractivity contribution >= 4 is 22.9 Å². The quantitative estimate of drug-likeness (QED) is 0.926. The number of aliphatic carboxylic acids is 1. The largest absolute Gasteiger partial charge is 0.480 e. The first-order valence-corrected chi connectivity index (χ1v) is 8.47. The predicted molar refractivity (Wildman–Crippen MR) is 86.2 cm³/mol. The van der Waals surface area contributed by atoms with Gasteiger partial charge in [0.1, 0.15) is 18.1 Å². The maximum Gasteiger partial charge on any atom is 0.326 e. The molecule has 24 heavy (non-hydrogen) atoms. The summed E-state index contributed by atoms with van der Waals surface area (Å²) in [5.41, 5.74) is 1.52. The molecule has 3 atom stereocenters. The van der Waals surface area contributed by atoms with Crippen LogP contribution in [-0.4, -0.2) is 49.0 Å². The fourth-order valence-corrected chi connectivity index (χ4v) is 4.28. The van der Waals surface area contributed by atoms with Crippen molar-refractivity contribution in [3.63, 3.8) is 0 Å². The van der Waals surface area contributed by atoms with Gasteiger partial charge in [-0.2, -0.15) is 0 Å². The third-order valence-corrected chi connectivity index (χ3v) is 5.37. The van der Waals surface area contributed by atoms with E-state index >= 15 is 0 Å². The summed E-state index contributed by atoms with van der Waals surface area (Å²) in [5, 5.41) is 17.7. The Kier molecular flexibility index (Phi) is 3.70. The Bertz CT molecular complexity index is 787. The van der Waals surface area contributed by atoms with Crippen LogP contribution in [0.1, 0.15) is 32.1 Å². The molecule has 2 aliphatic rings. The third kappa shape index (κ3) is 2.44. The monoisotopic (exact) mass is 328 g/mol. The van der Waals surface area contributed by atoms with Gasteiger partial charge in [0.05, 0.1) is 5.52 Å². The van der Waals surface area contributed by atoms with E-state index in [4.69, 9.17) is 0 Å². The topological polar surface area (TPSA) is 88.3 Å². The molecule has 1 aliphatic carbocycles. The third-order valence-electron chi connectivity index (χ3n) is 5.37. The first-order valence-electron chi connectivity index (χ1n) is 8.47. The van der Waals surface area contributed by atoms with Crippen molar-refractivity contribution in [1.29, 1.82) is 0 Å². The Labute approximate surface area is 139 Å². The highest BCUT2D eigenvalue weighted by molar-refractivity contribution is 5.85. The Morgan fingerprint density at radius 1 is 1.21 bits per heavy atom. The molecule has 0 bridgehead atoms. The number of amides is 1. The van der Waals surface area contributed by atoms with E-state index in [9.17, 15) is 14.7 Å². The van der Waals surface area contributed by atoms with Crippen LogP contribution in [-0.2, 0) is 16.1 Å². The summed E-state index contributed by atoms with van der Waals surface area (Å²) in [5.74, 6) is -0.759. The van der Waals surface area contributed by atoms with Crippen molar-refractivity contribution in [2.24, 2.45) is 5.92 Å². The van der Waals surface area contributed by atoms with Crippen molar-refractivity contribution in [3.05, 3.63) is 24.3 Å². The van der Waals surface area contributed by atoms with Crippen molar-refractivity contribution in [2.45, 2.75) is 50.7 Å². The van der Waals surface area contributed by atoms with Gasteiger partial charge in [-0.25, -0.2) is 9.48 Å². The number of fused-ring (bicyclic) bond motifs is 2. The number of carbonyl (C=O) groups is 2. The van der Waals surface area contributed by atoms with Gasteiger partial charge in [-0.15, -0.1) is 5.10 Å². The van der Waals surface area contributed by atoms with Gasteiger partial charge in [0.15, 0.2) is 0 Å². The molecule has 1 aliphatic heterocycles. The number of hydrogen-bond donors (Lipinski definition) is 1. The number of aromatic nitrogens is 3. The Morgan fingerprint density at radius 2 is 2.00 bits per heavy atom. The highest BCUT2D eigenvalue weighted by Crippen LogP contribution is 2.40. The summed E-state index contributed by atoms with van der Waals surface area (Å²) >= 11 is 0. The zero-order valence-electron chi connectivity index (χ0n) is 13.3. The molecule has 7 heteroatoms. The molecule has 7 nitrogen and oxygen atoms in total. The van der Waals surface area contributed by atoms with Crippen LogP contribution in [0.5, 0.6) is 0 Å². The molecule has 1 aromatic heterocycles. The van der Waals surface area contributed by atoms with Gasteiger partial charge in [0.2, 0.25) is 5.91 Å². The lowest BCUT2D eigenvalue weighted by atomic mass is 9.85. The van der Waals surface area contributed by atoms with E-state index in [-0.39, 0.29) is 18.5 Å². The molecular weight excluding hydrogens is 308 g/mol. The summed E-state index contributed by atoms with van der Waals surface area (Å²) in [6.07, 6.45) is 4.68. The second-order valence-electron chi connectivity index (χ2n) is 6.74. The molecule has 0 radical (unpaired) electrons. The average molecular weight is 328 g/mol. The van der Waals surface area contributed by atoms with Crippen LogP contribution in [0.4, 0.5) is 0 Å². The summed E-state index contributed by atoms with van der Waals surface area (Å²) < 4.78 is 1.56. The van der Waals surface area contributed by atoms with Crippen molar-refractivity contribution in [1.82, 2.24) is 19.9 Å². The molecule has 2 heterocycles. The van der Waals surface area contributed by atoms with E-state index < -0.39 is 12.0 Å². The molecule has 1 N–H and O–H groups in total. The molecule has 0 unspecified atom stereocenters. The predicted octanol–water partition coefficient (Wildman–Crippen LogP) is 1.68. The van der Waals surface area contributed by atoms with Gasteiger partial charge in [0, 0.05) is 6.04 Å². The number of carboxylic acids is 1. The lowest BCUT2D eigenvalue weighted by molar-refractivity contribution is -0.150. The number of likely N-dealkylation sites (tertiary alicyclic amines) is 1. The van der Waals surface area contributed by atoms with E-state index in [0.29, 0.717) is 12.3 Å². The maximum atomic E-state index is 12.9. The van der Waals surface area contributed by atoms with E-state index in [2.05, 4.69) is 10.3 Å². The average Bonchev–Trinajstić information content (AvgIpc) is 3.16. The standard InChI is InChI=1S/C17H20N4O3/c22-16(10-20-14-8-4-2-6-12(14)18-19-20)21-13-7-3-1-5-11(13)9-15(21)17(23)24/h2,4,6,8,11,13,15H,1,3,5,7,9-10H2,(H,23,24)/t11-,13+,15-/m0/s1. The first kappa shape index (κ1) is 15.1. The lowest BCUT2D eigenvalue weighted by Crippen LogP contribution is -2.47. The van der Waals surface area contributed by atoms with Crippen molar-refractivity contribution in [3.8, 4) is 0 Å². The van der Waals surface area contributed by atoms with Crippen LogP contribution >= 0.6 is 0 Å². The van der Waals surface area contributed by atoms with Gasteiger partial charge >= 0.3 is 5.97 Å². The number of carboxylic acid groups (broad SMARTS) is 1. The van der Waals surface area contributed by atoms with Gasteiger partial charge < -0.3 is 10.0 Å². The number of hydrogen-bond acceptors (Lipinski definition) is 4. The minimum atomic E-state index is -0.902. The SMILES string of the molecule is O=C(O)[C@@H]1C[C@@H]2CCCC[C@H]2N1C(=O)Cn1nnc2ccccc21. The smallest absolute Gasteiger partial charge is 0.326 e. The maximum absolute atomic E-state index is 12.9. The van der Waals surface area contributed by atoms with Crippen LogP contribution in [0, 0.1) is 5.92 Å². The summed E-state index contributed by atoms with van der Waals surface area (Å²) in [6.45, 7) is 0.0352. The number of rotatable bonds is 3. The number of nitrogens with zero attached hydrogens (tertiary/aromatic N) is 4. The van der Waals surface area contributed by atoms with E-state index in [0.717, 1.165) is 36.7 Å². The summed E-state index contributed by atoms with van der Waals surface area (Å²) in [6, 6.07) is 6.81. The highest BCUT2D eigenvalue weighted by atomic mass is 16.4. The second kappa shape index (κ2) is 5.89. The normalized spacial score (nSPS) is 26.5. The molecule has 0 spiro atoms. The number of benzene rings is 1. The minimum Gasteiger partial charge on any atom is -0.480 e. The molecule has 1 saturated carbocycles. The fraction of sp³-hybridized carbons (Fsp3) is 0.529. The lowest BCUT2D eigenvalue weighted by Gasteiger charge is -2.33. The molecule has 2 fully saturated rings. The van der Waals surface area contributed by atoms with Crippen LogP contribution in [0.3, 0.4) is 0 Å². The Balaban J connectivity index is 1.60. The van der Waals surface area contributed by atoms with Crippen molar-refractivity contribution < 1.29 is 14.7 Å². The second-order valence-corrected chi connectivity index (χ2v) is 6.74. The van der Waals surface area contributed by atoms with Crippen LogP contribution in [0.25, 0.3) is 11.0 Å². The zero-order valence-corrected chi connectivity index (χ0v) is 13.3. The van der Waals surface area contributed by atoms with Crippen LogP contribution in [0.2, 0.25) is 0 Å². The van der Waals surface area contributed by atoms with Crippen LogP contribution in [0.15, 0.2) is 24.3 Å². The van der Waals surface area contributed by atoms with E-state index in [1.165, 1.54) is 0 Å². The molecule has 4 rings (SSSR count). The van der Waals surface area contributed by atoms with Gasteiger partial charge in [-0.05, 0) is 37.3 Å². The van der Waals surface area contributed by atoms with Gasteiger partial charge in [-0.1, -0.05) is 30.2 Å². The molecule has 2 aromatic rings. The summed E-state index contributed by atoms with van der Waals surface area (Å²) in [4.78, 5) is 26.2. The molecule has 126 valence electrons. The molecule has 1 amide bonds. The zero-order chi connectivity index (χ0) is 16.7. The van der Waals surface area contributed by atoms with Gasteiger partial charge in [-0.3, -0.25) is 4.79 Å². The number of carbonyl (C=O) groups excluding carboxylic acids is 1. The molecular formula is C17H20N4O3. The van der Waals surface area contributed by atoms with Gasteiger partial charge in [0.25, 0.3) is 0 Å². The number of para-hydroxylation sites is 1. The van der Waals surface area contributed by atoms with E-state index in [1.54, 1.807) is 9.58 Å². The first-order chi connectivity index (χ1) is 11.6. The molecule has 1 aromatic carbocycles. The van der Waals surface area contributed by atoms with E-state index in [1.807, 2.05) is 24.3 Å². The summed E-state index contributed by atoms with van der Waals surface area (Å²) in [7, 11) is 0.